The fourth-order valence-electron chi connectivity index (χ4n) is 2.34. The molecule has 0 fully saturated rings. The lowest BCUT2D eigenvalue weighted by Gasteiger charge is -2.12. The minimum atomic E-state index is -0.625. The van der Waals surface area contributed by atoms with Gasteiger partial charge in [-0.05, 0) is 31.0 Å². The van der Waals surface area contributed by atoms with E-state index in [1.807, 2.05) is 32.0 Å². The summed E-state index contributed by atoms with van der Waals surface area (Å²) in [5.74, 6) is -0.397. The Bertz CT molecular complexity index is 672. The van der Waals surface area contributed by atoms with Crippen molar-refractivity contribution < 1.29 is 18.7 Å². The Morgan fingerprint density at radius 2 is 1.52 bits per heavy atom. The van der Waals surface area contributed by atoms with E-state index in [1.165, 1.54) is 26.4 Å². The predicted molar refractivity (Wildman–Crippen MR) is 78.9 cm³/mol. The van der Waals surface area contributed by atoms with Crippen molar-refractivity contribution >= 4 is 5.78 Å². The van der Waals surface area contributed by atoms with Gasteiger partial charge in [-0.2, -0.15) is 0 Å². The number of rotatable bonds is 4. The molecule has 2 rings (SSSR count). The molecule has 2 aromatic rings. The van der Waals surface area contributed by atoms with Crippen LogP contribution >= 0.6 is 0 Å². The van der Waals surface area contributed by atoms with Gasteiger partial charge in [0.25, 0.3) is 0 Å². The quantitative estimate of drug-likeness (QED) is 0.805. The van der Waals surface area contributed by atoms with E-state index in [2.05, 4.69) is 0 Å². The Morgan fingerprint density at radius 3 is 2.05 bits per heavy atom. The molecule has 2 aromatic carbocycles. The van der Waals surface area contributed by atoms with Crippen molar-refractivity contribution in [2.45, 2.75) is 13.8 Å². The minimum absolute atomic E-state index is 0.0231. The molecule has 110 valence electrons. The van der Waals surface area contributed by atoms with Gasteiger partial charge in [-0.15, -0.1) is 0 Å². The smallest absolute Gasteiger partial charge is 0.196 e. The van der Waals surface area contributed by atoms with Crippen molar-refractivity contribution in [3.8, 4) is 11.5 Å². The van der Waals surface area contributed by atoms with Crippen LogP contribution in [0.15, 0.2) is 30.3 Å². The highest BCUT2D eigenvalue weighted by Crippen LogP contribution is 2.31. The average molecular weight is 288 g/mol. The van der Waals surface area contributed by atoms with Gasteiger partial charge in [0, 0.05) is 11.6 Å². The first-order chi connectivity index (χ1) is 9.99. The normalized spacial score (nSPS) is 10.3. The Morgan fingerprint density at radius 1 is 1.00 bits per heavy atom. The van der Waals surface area contributed by atoms with Gasteiger partial charge in [0.05, 0.1) is 19.8 Å². The van der Waals surface area contributed by atoms with E-state index in [1.54, 1.807) is 0 Å². The summed E-state index contributed by atoms with van der Waals surface area (Å²) < 4.78 is 24.4. The fraction of sp³-hybridized carbons (Fsp3) is 0.235. The maximum Gasteiger partial charge on any atom is 0.196 e. The number of hydrogen-bond donors (Lipinski definition) is 0. The molecule has 0 atom stereocenters. The van der Waals surface area contributed by atoms with E-state index in [0.717, 1.165) is 11.1 Å². The van der Waals surface area contributed by atoms with Gasteiger partial charge in [0.15, 0.2) is 17.3 Å². The van der Waals surface area contributed by atoms with Gasteiger partial charge in [0.1, 0.15) is 5.82 Å². The zero-order chi connectivity index (χ0) is 15.6. The standard InChI is InChI=1S/C17H17FO3/c1-10-6-5-7-11(2)16(10)17(19)12-8-14(20-3)15(21-4)9-13(12)18/h5-9H,1-4H3. The van der Waals surface area contributed by atoms with Crippen molar-refractivity contribution in [1.29, 1.82) is 0 Å². The highest BCUT2D eigenvalue weighted by atomic mass is 19.1. The molecule has 0 heterocycles. The Hall–Kier alpha value is -2.36. The van der Waals surface area contributed by atoms with Crippen LogP contribution in [0.3, 0.4) is 0 Å². The van der Waals surface area contributed by atoms with E-state index in [-0.39, 0.29) is 17.1 Å². The largest absolute Gasteiger partial charge is 0.493 e. The molecule has 0 spiro atoms. The molecular formula is C17H17FO3. The van der Waals surface area contributed by atoms with Crippen molar-refractivity contribution in [3.05, 3.63) is 58.4 Å². The van der Waals surface area contributed by atoms with Crippen LogP contribution in [0.5, 0.6) is 11.5 Å². The summed E-state index contributed by atoms with van der Waals surface area (Å²) in [6.07, 6.45) is 0. The monoisotopic (exact) mass is 288 g/mol. The van der Waals surface area contributed by atoms with Crippen molar-refractivity contribution in [2.24, 2.45) is 0 Å². The first-order valence-corrected chi connectivity index (χ1v) is 6.52. The molecule has 0 aliphatic rings. The van der Waals surface area contributed by atoms with Crippen LogP contribution in [0.2, 0.25) is 0 Å². The van der Waals surface area contributed by atoms with Crippen LogP contribution in [0.25, 0.3) is 0 Å². The Labute approximate surface area is 123 Å². The van der Waals surface area contributed by atoms with Crippen LogP contribution in [0.4, 0.5) is 4.39 Å². The van der Waals surface area contributed by atoms with E-state index in [4.69, 9.17) is 9.47 Å². The first kappa shape index (κ1) is 15.0. The van der Waals surface area contributed by atoms with Gasteiger partial charge in [-0.3, -0.25) is 4.79 Å². The van der Waals surface area contributed by atoms with Crippen LogP contribution in [-0.2, 0) is 0 Å². The highest BCUT2D eigenvalue weighted by molar-refractivity contribution is 6.11. The van der Waals surface area contributed by atoms with Crippen molar-refractivity contribution in [2.75, 3.05) is 14.2 Å². The minimum Gasteiger partial charge on any atom is -0.493 e. The summed E-state index contributed by atoms with van der Waals surface area (Å²) in [6.45, 7) is 3.66. The summed E-state index contributed by atoms with van der Waals surface area (Å²) >= 11 is 0. The molecule has 0 aromatic heterocycles. The van der Waals surface area contributed by atoms with Gasteiger partial charge < -0.3 is 9.47 Å². The zero-order valence-corrected chi connectivity index (χ0v) is 12.5. The molecule has 0 radical (unpaired) electrons. The molecule has 0 saturated heterocycles. The molecule has 0 saturated carbocycles. The van der Waals surface area contributed by atoms with E-state index in [9.17, 15) is 9.18 Å². The molecule has 3 nitrogen and oxygen atoms in total. The fourth-order valence-corrected chi connectivity index (χ4v) is 2.34. The van der Waals surface area contributed by atoms with Crippen LogP contribution in [0, 0.1) is 19.7 Å². The second kappa shape index (κ2) is 5.95. The van der Waals surface area contributed by atoms with Gasteiger partial charge in [-0.1, -0.05) is 18.2 Å². The molecule has 0 N–H and O–H groups in total. The number of aryl methyl sites for hydroxylation is 2. The number of ether oxygens (including phenoxy) is 2. The molecule has 0 amide bonds. The maximum absolute atomic E-state index is 14.2. The third kappa shape index (κ3) is 2.75. The highest BCUT2D eigenvalue weighted by Gasteiger charge is 2.21. The number of benzene rings is 2. The lowest BCUT2D eigenvalue weighted by atomic mass is 9.94. The van der Waals surface area contributed by atoms with Gasteiger partial charge >= 0.3 is 0 Å². The summed E-state index contributed by atoms with van der Waals surface area (Å²) in [6, 6.07) is 8.08. The van der Waals surface area contributed by atoms with Crippen LogP contribution in [-0.4, -0.2) is 20.0 Å². The molecule has 21 heavy (non-hydrogen) atoms. The second-order valence-electron chi connectivity index (χ2n) is 4.78. The number of carbonyl (C=O) groups excluding carboxylic acids is 1. The lowest BCUT2D eigenvalue weighted by molar-refractivity contribution is 0.103. The third-order valence-corrected chi connectivity index (χ3v) is 3.43. The summed E-state index contributed by atoms with van der Waals surface area (Å²) in [4.78, 5) is 12.6. The summed E-state index contributed by atoms with van der Waals surface area (Å²) in [5, 5.41) is 0. The van der Waals surface area contributed by atoms with Gasteiger partial charge in [0.2, 0.25) is 0 Å². The zero-order valence-electron chi connectivity index (χ0n) is 12.5. The average Bonchev–Trinajstić information content (AvgIpc) is 2.46. The van der Waals surface area contributed by atoms with Crippen molar-refractivity contribution in [1.82, 2.24) is 0 Å². The van der Waals surface area contributed by atoms with Crippen molar-refractivity contribution in [3.63, 3.8) is 0 Å². The van der Waals surface area contributed by atoms with Crippen LogP contribution in [0.1, 0.15) is 27.0 Å². The molecule has 0 aliphatic heterocycles. The number of hydrogen-bond acceptors (Lipinski definition) is 3. The van der Waals surface area contributed by atoms with Gasteiger partial charge in [-0.25, -0.2) is 4.39 Å². The topological polar surface area (TPSA) is 35.5 Å². The molecule has 0 bridgehead atoms. The molecular weight excluding hydrogens is 271 g/mol. The molecule has 4 heteroatoms. The number of carbonyl (C=O) groups is 1. The third-order valence-electron chi connectivity index (χ3n) is 3.43. The maximum atomic E-state index is 14.2. The Kier molecular flexibility index (Phi) is 4.26. The van der Waals surface area contributed by atoms with E-state index < -0.39 is 5.82 Å². The Balaban J connectivity index is 2.59. The van der Waals surface area contributed by atoms with Crippen LogP contribution < -0.4 is 9.47 Å². The summed E-state index contributed by atoms with van der Waals surface area (Å²) in [5.41, 5.74) is 2.12. The van der Waals surface area contributed by atoms with E-state index in [0.29, 0.717) is 11.3 Å². The number of methoxy groups -OCH3 is 2. The van der Waals surface area contributed by atoms with E-state index >= 15 is 0 Å². The molecule has 0 unspecified atom stereocenters. The second-order valence-corrected chi connectivity index (χ2v) is 4.78. The lowest BCUT2D eigenvalue weighted by Crippen LogP contribution is -2.09. The summed E-state index contributed by atoms with van der Waals surface area (Å²) in [7, 11) is 2.87. The first-order valence-electron chi connectivity index (χ1n) is 6.52. The number of halogens is 1. The number of ketones is 1. The SMILES string of the molecule is COc1cc(F)c(C(=O)c2c(C)cccc2C)cc1OC. The molecule has 0 aliphatic carbocycles. The predicted octanol–water partition coefficient (Wildman–Crippen LogP) is 3.69.